The van der Waals surface area contributed by atoms with Crippen molar-refractivity contribution < 1.29 is 9.90 Å². The van der Waals surface area contributed by atoms with Gasteiger partial charge in [0.15, 0.2) is 0 Å². The summed E-state index contributed by atoms with van der Waals surface area (Å²) in [6, 6.07) is 0. The van der Waals surface area contributed by atoms with E-state index in [0.29, 0.717) is 6.42 Å². The van der Waals surface area contributed by atoms with Crippen LogP contribution in [0.3, 0.4) is 0 Å². The number of hydrogen-bond donors (Lipinski definition) is 1. The molecule has 3 nitrogen and oxygen atoms in total. The molecule has 1 atom stereocenters. The lowest BCUT2D eigenvalue weighted by molar-refractivity contribution is -0.132. The molecule has 0 saturated carbocycles. The first-order valence-electron chi connectivity index (χ1n) is 6.20. The van der Waals surface area contributed by atoms with E-state index in [4.69, 9.17) is 0 Å². The Balaban J connectivity index is 2.13. The lowest BCUT2D eigenvalue weighted by atomic mass is 10.1. The summed E-state index contributed by atoms with van der Waals surface area (Å²) < 4.78 is 0. The van der Waals surface area contributed by atoms with Gasteiger partial charge in [0.05, 0.1) is 12.5 Å². The summed E-state index contributed by atoms with van der Waals surface area (Å²) in [5.74, 6) is 0.136. The molecule has 1 saturated heterocycles. The van der Waals surface area contributed by atoms with Crippen LogP contribution in [-0.2, 0) is 4.79 Å². The smallest absolute Gasteiger partial charge is 0.225 e. The predicted molar refractivity (Wildman–Crippen MR) is 60.6 cm³/mol. The van der Waals surface area contributed by atoms with Gasteiger partial charge in [0, 0.05) is 13.1 Å². The topological polar surface area (TPSA) is 40.5 Å². The number of hydrogen-bond acceptors (Lipinski definition) is 2. The highest BCUT2D eigenvalue weighted by atomic mass is 16.3. The van der Waals surface area contributed by atoms with Crippen LogP contribution in [0.25, 0.3) is 0 Å². The number of unbranched alkanes of at least 4 members (excludes halogenated alkanes) is 2. The van der Waals surface area contributed by atoms with E-state index in [0.717, 1.165) is 51.6 Å². The van der Waals surface area contributed by atoms with Crippen molar-refractivity contribution in [2.75, 3.05) is 13.1 Å². The number of carbonyl (C=O) groups excluding carboxylic acids is 1. The fraction of sp³-hybridized carbons (Fsp3) is 0.917. The van der Waals surface area contributed by atoms with Crippen LogP contribution in [0.5, 0.6) is 0 Å². The second-order valence-electron chi connectivity index (χ2n) is 4.44. The Morgan fingerprint density at radius 3 is 2.60 bits per heavy atom. The summed E-state index contributed by atoms with van der Waals surface area (Å²) in [4.78, 5) is 13.5. The molecular weight excluding hydrogens is 190 g/mol. The largest absolute Gasteiger partial charge is 0.393 e. The monoisotopic (exact) mass is 213 g/mol. The maximum atomic E-state index is 11.7. The third-order valence-electron chi connectivity index (χ3n) is 3.01. The lowest BCUT2D eigenvalue weighted by Crippen LogP contribution is -2.30. The van der Waals surface area contributed by atoms with Crippen molar-refractivity contribution >= 4 is 5.91 Å². The highest BCUT2D eigenvalue weighted by Gasteiger charge is 2.20. The average Bonchev–Trinajstić information content (AvgIpc) is 2.70. The molecule has 88 valence electrons. The van der Waals surface area contributed by atoms with Crippen molar-refractivity contribution in [1.29, 1.82) is 0 Å². The van der Waals surface area contributed by atoms with Gasteiger partial charge in [-0.3, -0.25) is 4.79 Å². The zero-order chi connectivity index (χ0) is 11.1. The van der Waals surface area contributed by atoms with Crippen molar-refractivity contribution in [3.05, 3.63) is 0 Å². The molecule has 1 fully saturated rings. The van der Waals surface area contributed by atoms with Gasteiger partial charge in [-0.2, -0.15) is 0 Å². The quantitative estimate of drug-likeness (QED) is 0.685. The van der Waals surface area contributed by atoms with E-state index in [1.165, 1.54) is 0 Å². The van der Waals surface area contributed by atoms with E-state index >= 15 is 0 Å². The molecule has 1 amide bonds. The number of carbonyl (C=O) groups is 1. The fourth-order valence-corrected chi connectivity index (χ4v) is 2.03. The van der Waals surface area contributed by atoms with E-state index in [1.54, 1.807) is 0 Å². The summed E-state index contributed by atoms with van der Waals surface area (Å²) in [7, 11) is 0. The summed E-state index contributed by atoms with van der Waals surface area (Å²) in [5.41, 5.74) is 0. The highest BCUT2D eigenvalue weighted by molar-refractivity contribution is 5.76. The van der Waals surface area contributed by atoms with Gasteiger partial charge in [0.1, 0.15) is 0 Å². The minimum atomic E-state index is -0.426. The number of amides is 1. The normalized spacial score (nSPS) is 18.1. The number of nitrogens with zero attached hydrogens (tertiary/aromatic N) is 1. The summed E-state index contributed by atoms with van der Waals surface area (Å²) in [6.45, 7) is 3.92. The molecule has 1 rings (SSSR count). The zero-order valence-electron chi connectivity index (χ0n) is 9.74. The second kappa shape index (κ2) is 6.83. The number of likely N-dealkylation sites (tertiary alicyclic amines) is 1. The van der Waals surface area contributed by atoms with Gasteiger partial charge in [-0.1, -0.05) is 26.2 Å². The standard InChI is InChI=1S/C12H23NO2/c1-2-3-4-7-11(14)10-12(15)13-8-5-6-9-13/h11,14H,2-10H2,1H3. The first-order valence-corrected chi connectivity index (χ1v) is 6.20. The van der Waals surface area contributed by atoms with Crippen LogP contribution in [0, 0.1) is 0 Å². The predicted octanol–water partition coefficient (Wildman–Crippen LogP) is 1.94. The Labute approximate surface area is 92.5 Å². The van der Waals surface area contributed by atoms with E-state index in [1.807, 2.05) is 4.90 Å². The average molecular weight is 213 g/mol. The minimum Gasteiger partial charge on any atom is -0.393 e. The van der Waals surface area contributed by atoms with Crippen LogP contribution >= 0.6 is 0 Å². The van der Waals surface area contributed by atoms with Gasteiger partial charge in [0.2, 0.25) is 5.91 Å². The first-order chi connectivity index (χ1) is 7.24. The fourth-order valence-electron chi connectivity index (χ4n) is 2.03. The Hall–Kier alpha value is -0.570. The number of rotatable bonds is 6. The molecule has 1 N–H and O–H groups in total. The molecule has 0 aromatic carbocycles. The zero-order valence-corrected chi connectivity index (χ0v) is 9.74. The molecule has 0 aliphatic carbocycles. The molecule has 3 heteroatoms. The van der Waals surface area contributed by atoms with Gasteiger partial charge in [-0.15, -0.1) is 0 Å². The maximum Gasteiger partial charge on any atom is 0.225 e. The molecule has 0 bridgehead atoms. The first kappa shape index (κ1) is 12.5. The van der Waals surface area contributed by atoms with Gasteiger partial charge in [0.25, 0.3) is 0 Å². The van der Waals surface area contributed by atoms with E-state index in [9.17, 15) is 9.90 Å². The van der Waals surface area contributed by atoms with Crippen LogP contribution in [0.1, 0.15) is 51.9 Å². The van der Waals surface area contributed by atoms with Gasteiger partial charge in [-0.05, 0) is 19.3 Å². The molecule has 0 aromatic heterocycles. The van der Waals surface area contributed by atoms with Crippen LogP contribution in [0.2, 0.25) is 0 Å². The second-order valence-corrected chi connectivity index (χ2v) is 4.44. The molecule has 1 aliphatic heterocycles. The molecule has 0 spiro atoms. The summed E-state index contributed by atoms with van der Waals surface area (Å²) in [6.07, 6.45) is 6.25. The molecule has 0 radical (unpaired) electrons. The van der Waals surface area contributed by atoms with Gasteiger partial charge >= 0.3 is 0 Å². The Bertz CT molecular complexity index is 188. The lowest BCUT2D eigenvalue weighted by Gasteiger charge is -2.17. The van der Waals surface area contributed by atoms with Crippen LogP contribution in [-0.4, -0.2) is 35.1 Å². The molecule has 1 aliphatic rings. The van der Waals surface area contributed by atoms with Crippen molar-refractivity contribution in [1.82, 2.24) is 4.90 Å². The summed E-state index contributed by atoms with van der Waals surface area (Å²) in [5, 5.41) is 9.66. The van der Waals surface area contributed by atoms with E-state index < -0.39 is 6.10 Å². The highest BCUT2D eigenvalue weighted by Crippen LogP contribution is 2.12. The van der Waals surface area contributed by atoms with Crippen molar-refractivity contribution in [2.24, 2.45) is 0 Å². The molecular formula is C12H23NO2. The van der Waals surface area contributed by atoms with Crippen molar-refractivity contribution in [3.8, 4) is 0 Å². The van der Waals surface area contributed by atoms with Gasteiger partial charge < -0.3 is 10.0 Å². The van der Waals surface area contributed by atoms with E-state index in [2.05, 4.69) is 6.92 Å². The van der Waals surface area contributed by atoms with Crippen molar-refractivity contribution in [2.45, 2.75) is 58.0 Å². The van der Waals surface area contributed by atoms with Crippen LogP contribution in [0.15, 0.2) is 0 Å². The van der Waals surface area contributed by atoms with Crippen LogP contribution in [0.4, 0.5) is 0 Å². The van der Waals surface area contributed by atoms with Crippen LogP contribution < -0.4 is 0 Å². The molecule has 1 unspecified atom stereocenters. The van der Waals surface area contributed by atoms with E-state index in [-0.39, 0.29) is 5.91 Å². The van der Waals surface area contributed by atoms with Crippen molar-refractivity contribution in [3.63, 3.8) is 0 Å². The minimum absolute atomic E-state index is 0.136. The summed E-state index contributed by atoms with van der Waals surface area (Å²) >= 11 is 0. The Kier molecular flexibility index (Phi) is 5.69. The molecule has 0 aromatic rings. The SMILES string of the molecule is CCCCCC(O)CC(=O)N1CCCC1. The maximum absolute atomic E-state index is 11.7. The Morgan fingerprint density at radius 2 is 2.00 bits per heavy atom. The molecule has 1 heterocycles. The molecule has 15 heavy (non-hydrogen) atoms. The third-order valence-corrected chi connectivity index (χ3v) is 3.01. The Morgan fingerprint density at radius 1 is 1.33 bits per heavy atom. The number of aliphatic hydroxyl groups is 1. The third kappa shape index (κ3) is 4.65. The number of aliphatic hydroxyl groups excluding tert-OH is 1. The van der Waals surface area contributed by atoms with Gasteiger partial charge in [-0.25, -0.2) is 0 Å².